The Morgan fingerprint density at radius 2 is 1.76 bits per heavy atom. The number of pyridine rings is 1. The fraction of sp³-hybridized carbons (Fsp3) is 0.400. The first-order valence-corrected chi connectivity index (χ1v) is 8.88. The van der Waals surface area contributed by atoms with Gasteiger partial charge in [0.15, 0.2) is 0 Å². The number of rotatable bonds is 4. The molecule has 0 radical (unpaired) electrons. The molecule has 132 valence electrons. The topological polar surface area (TPSA) is 48.5 Å². The van der Waals surface area contributed by atoms with Crippen molar-refractivity contribution in [3.05, 3.63) is 53.3 Å². The van der Waals surface area contributed by atoms with E-state index in [2.05, 4.69) is 33.1 Å². The molecule has 3 rings (SSSR count). The normalized spacial score (nSPS) is 15.2. The summed E-state index contributed by atoms with van der Waals surface area (Å²) in [5.74, 6) is -0.168. The highest BCUT2D eigenvalue weighted by molar-refractivity contribution is 6.03. The van der Waals surface area contributed by atoms with E-state index in [1.165, 1.54) is 0 Å². The van der Waals surface area contributed by atoms with Crippen molar-refractivity contribution in [2.75, 3.05) is 42.9 Å². The number of carbonyl (C=O) groups excluding carboxylic acids is 1. The minimum Gasteiger partial charge on any atom is -0.369 e. The highest BCUT2D eigenvalue weighted by atomic mass is 16.1. The van der Waals surface area contributed by atoms with Crippen molar-refractivity contribution in [2.24, 2.45) is 0 Å². The number of likely N-dealkylation sites (N-methyl/N-ethyl adjacent to an activating group) is 1. The lowest BCUT2D eigenvalue weighted by Crippen LogP contribution is -2.46. The Morgan fingerprint density at radius 1 is 1.08 bits per heavy atom. The lowest BCUT2D eigenvalue weighted by molar-refractivity contribution is 0.102. The van der Waals surface area contributed by atoms with Gasteiger partial charge in [-0.05, 0) is 55.8 Å². The van der Waals surface area contributed by atoms with Crippen molar-refractivity contribution in [1.82, 2.24) is 9.88 Å². The van der Waals surface area contributed by atoms with E-state index >= 15 is 0 Å². The van der Waals surface area contributed by atoms with Gasteiger partial charge in [-0.2, -0.15) is 0 Å². The van der Waals surface area contributed by atoms with Gasteiger partial charge in [-0.15, -0.1) is 0 Å². The molecule has 0 aliphatic carbocycles. The number of hydrogen-bond donors (Lipinski definition) is 1. The van der Waals surface area contributed by atoms with Gasteiger partial charge < -0.3 is 15.1 Å². The fourth-order valence-corrected chi connectivity index (χ4v) is 3.30. The molecule has 1 aromatic heterocycles. The lowest BCUT2D eigenvalue weighted by Gasteiger charge is -2.35. The first-order chi connectivity index (χ1) is 12.0. The summed E-state index contributed by atoms with van der Waals surface area (Å²) in [7, 11) is 0. The van der Waals surface area contributed by atoms with Gasteiger partial charge in [0.2, 0.25) is 0 Å². The van der Waals surface area contributed by atoms with Crippen molar-refractivity contribution in [3.8, 4) is 0 Å². The zero-order valence-electron chi connectivity index (χ0n) is 15.2. The second kappa shape index (κ2) is 7.66. The van der Waals surface area contributed by atoms with Gasteiger partial charge in [0.1, 0.15) is 5.69 Å². The van der Waals surface area contributed by atoms with Gasteiger partial charge in [-0.1, -0.05) is 13.0 Å². The fourth-order valence-electron chi connectivity index (χ4n) is 3.30. The van der Waals surface area contributed by atoms with Crippen molar-refractivity contribution in [2.45, 2.75) is 20.8 Å². The Hall–Kier alpha value is -2.40. The average Bonchev–Trinajstić information content (AvgIpc) is 2.61. The Morgan fingerprint density at radius 3 is 2.40 bits per heavy atom. The zero-order chi connectivity index (χ0) is 17.8. The zero-order valence-corrected chi connectivity index (χ0v) is 15.2. The minimum absolute atomic E-state index is 0.168. The molecule has 0 unspecified atom stereocenters. The van der Waals surface area contributed by atoms with Crippen LogP contribution in [0.2, 0.25) is 0 Å². The molecule has 1 N–H and O–H groups in total. The van der Waals surface area contributed by atoms with Crippen LogP contribution in [0.1, 0.15) is 28.5 Å². The highest BCUT2D eigenvalue weighted by Crippen LogP contribution is 2.19. The molecule has 0 saturated carbocycles. The molecule has 0 bridgehead atoms. The molecule has 1 aromatic carbocycles. The van der Waals surface area contributed by atoms with E-state index in [4.69, 9.17) is 0 Å². The average molecular weight is 338 g/mol. The molecular weight excluding hydrogens is 312 g/mol. The molecule has 25 heavy (non-hydrogen) atoms. The van der Waals surface area contributed by atoms with Crippen LogP contribution < -0.4 is 10.2 Å². The third-order valence-electron chi connectivity index (χ3n) is 4.64. The summed E-state index contributed by atoms with van der Waals surface area (Å²) >= 11 is 0. The highest BCUT2D eigenvalue weighted by Gasteiger charge is 2.17. The number of benzene rings is 1. The second-order valence-electron chi connectivity index (χ2n) is 6.65. The van der Waals surface area contributed by atoms with Gasteiger partial charge in [-0.3, -0.25) is 9.78 Å². The van der Waals surface area contributed by atoms with Crippen molar-refractivity contribution in [3.63, 3.8) is 0 Å². The number of aromatic nitrogens is 1. The Bertz CT molecular complexity index is 731. The van der Waals surface area contributed by atoms with E-state index < -0.39 is 0 Å². The van der Waals surface area contributed by atoms with Gasteiger partial charge in [-0.25, -0.2) is 0 Å². The number of amides is 1. The van der Waals surface area contributed by atoms with Crippen LogP contribution in [0.5, 0.6) is 0 Å². The van der Waals surface area contributed by atoms with Gasteiger partial charge in [0, 0.05) is 43.8 Å². The van der Waals surface area contributed by atoms with Crippen molar-refractivity contribution in [1.29, 1.82) is 0 Å². The number of aryl methyl sites for hydroxylation is 2. The van der Waals surface area contributed by atoms with Crippen LogP contribution in [0.15, 0.2) is 36.5 Å². The second-order valence-corrected chi connectivity index (χ2v) is 6.65. The Labute approximate surface area is 149 Å². The molecule has 5 nitrogen and oxygen atoms in total. The van der Waals surface area contributed by atoms with Crippen LogP contribution in [0.25, 0.3) is 0 Å². The number of carbonyl (C=O) groups is 1. The van der Waals surface area contributed by atoms with Crippen LogP contribution in [-0.4, -0.2) is 48.5 Å². The largest absolute Gasteiger partial charge is 0.369 e. The molecule has 1 fully saturated rings. The smallest absolute Gasteiger partial charge is 0.274 e. The summed E-state index contributed by atoms with van der Waals surface area (Å²) in [6.45, 7) is 11.4. The first-order valence-electron chi connectivity index (χ1n) is 8.88. The summed E-state index contributed by atoms with van der Waals surface area (Å²) in [6.07, 6.45) is 1.72. The maximum Gasteiger partial charge on any atom is 0.274 e. The predicted octanol–water partition coefficient (Wildman–Crippen LogP) is 3.09. The first kappa shape index (κ1) is 17.4. The SMILES string of the molecule is CCN1CCN(c2ccnc(C(=O)Nc3cc(C)cc(C)c3)c2)CC1. The number of hydrogen-bond acceptors (Lipinski definition) is 4. The van der Waals surface area contributed by atoms with Gasteiger partial charge in [0.25, 0.3) is 5.91 Å². The van der Waals surface area contributed by atoms with E-state index in [-0.39, 0.29) is 5.91 Å². The molecular formula is C20H26N4O. The molecule has 1 saturated heterocycles. The minimum atomic E-state index is -0.168. The predicted molar refractivity (Wildman–Crippen MR) is 102 cm³/mol. The number of nitrogens with zero attached hydrogens (tertiary/aromatic N) is 3. The summed E-state index contributed by atoms with van der Waals surface area (Å²) < 4.78 is 0. The molecule has 5 heteroatoms. The number of piperazine rings is 1. The molecule has 2 aromatic rings. The number of nitrogens with one attached hydrogen (secondary N) is 1. The third kappa shape index (κ3) is 4.37. The maximum absolute atomic E-state index is 12.6. The maximum atomic E-state index is 12.6. The summed E-state index contributed by atoms with van der Waals surface area (Å²) in [5.41, 5.74) is 4.59. The van der Waals surface area contributed by atoms with Crippen LogP contribution in [0.3, 0.4) is 0 Å². The summed E-state index contributed by atoms with van der Waals surface area (Å²) in [5, 5.41) is 2.96. The van der Waals surface area contributed by atoms with E-state index in [1.807, 2.05) is 38.1 Å². The Kier molecular flexibility index (Phi) is 5.34. The third-order valence-corrected chi connectivity index (χ3v) is 4.64. The number of anilines is 2. The molecule has 0 spiro atoms. The quantitative estimate of drug-likeness (QED) is 0.931. The van der Waals surface area contributed by atoms with Crippen molar-refractivity contribution >= 4 is 17.3 Å². The van der Waals surface area contributed by atoms with Crippen LogP contribution in [0.4, 0.5) is 11.4 Å². The van der Waals surface area contributed by atoms with E-state index in [1.54, 1.807) is 6.20 Å². The lowest BCUT2D eigenvalue weighted by atomic mass is 10.1. The van der Waals surface area contributed by atoms with E-state index in [0.717, 1.165) is 55.2 Å². The van der Waals surface area contributed by atoms with Crippen LogP contribution in [-0.2, 0) is 0 Å². The molecule has 0 atom stereocenters. The van der Waals surface area contributed by atoms with Gasteiger partial charge >= 0.3 is 0 Å². The summed E-state index contributed by atoms with van der Waals surface area (Å²) in [4.78, 5) is 21.6. The molecule has 1 aliphatic heterocycles. The standard InChI is InChI=1S/C20H26N4O/c1-4-23-7-9-24(10-8-23)18-5-6-21-19(14-18)20(25)22-17-12-15(2)11-16(3)13-17/h5-6,11-14H,4,7-10H2,1-3H3,(H,22,25). The van der Waals surface area contributed by atoms with E-state index in [9.17, 15) is 4.79 Å². The van der Waals surface area contributed by atoms with E-state index in [0.29, 0.717) is 5.69 Å². The Balaban J connectivity index is 1.71. The van der Waals surface area contributed by atoms with Crippen LogP contribution >= 0.6 is 0 Å². The molecule has 2 heterocycles. The van der Waals surface area contributed by atoms with Gasteiger partial charge in [0.05, 0.1) is 0 Å². The van der Waals surface area contributed by atoms with Crippen LogP contribution in [0, 0.1) is 13.8 Å². The summed E-state index contributed by atoms with van der Waals surface area (Å²) in [6, 6.07) is 9.90. The monoisotopic (exact) mass is 338 g/mol. The molecule has 1 aliphatic rings. The molecule has 1 amide bonds. The van der Waals surface area contributed by atoms with Crippen molar-refractivity contribution < 1.29 is 4.79 Å².